The Morgan fingerprint density at radius 3 is 2.33 bits per heavy atom. The van der Waals surface area contributed by atoms with Gasteiger partial charge >= 0.3 is 5.97 Å². The molecule has 0 aromatic heterocycles. The van der Waals surface area contributed by atoms with E-state index in [-0.39, 0.29) is 16.7 Å². The van der Waals surface area contributed by atoms with Gasteiger partial charge in [-0.25, -0.2) is 4.79 Å². The van der Waals surface area contributed by atoms with Gasteiger partial charge in [-0.3, -0.25) is 4.79 Å². The molecule has 1 heterocycles. The van der Waals surface area contributed by atoms with Crippen LogP contribution in [-0.2, 0) is 4.74 Å². The lowest BCUT2D eigenvalue weighted by molar-refractivity contribution is 0.0600. The molecular weight excluding hydrogens is 652 g/mol. The molecule has 0 bridgehead atoms. The average Bonchev–Trinajstić information content (AvgIpc) is 2.72. The summed E-state index contributed by atoms with van der Waals surface area (Å²) in [4.78, 5) is 24.8. The van der Waals surface area contributed by atoms with Crippen LogP contribution in [0.4, 0.5) is 0 Å². The van der Waals surface area contributed by atoms with Crippen molar-refractivity contribution in [3.05, 3.63) is 70.1 Å². The molecule has 0 amide bonds. The van der Waals surface area contributed by atoms with Gasteiger partial charge in [0, 0.05) is 52.1 Å². The topological polar surface area (TPSA) is 76.7 Å². The Labute approximate surface area is 203 Å². The molecule has 0 atom stereocenters. The highest BCUT2D eigenvalue weighted by Gasteiger charge is 2.29. The lowest BCUT2D eigenvalue weighted by atomic mass is 9.90. The molecule has 0 fully saturated rings. The number of methoxy groups -OCH3 is 1. The molecule has 1 aliphatic carbocycles. The molecule has 0 saturated carbocycles. The van der Waals surface area contributed by atoms with Crippen molar-refractivity contribution in [1.82, 2.24) is 0 Å². The molecule has 2 aromatic carbocycles. The van der Waals surface area contributed by atoms with Gasteiger partial charge in [0.25, 0.3) is 0 Å². The maximum absolute atomic E-state index is 12.8. The number of hydrogen-bond donors (Lipinski definition) is 1. The lowest BCUT2D eigenvalue weighted by Gasteiger charge is -2.21. The lowest BCUT2D eigenvalue weighted by Crippen LogP contribution is -2.08. The molecule has 1 N–H and O–H groups in total. The van der Waals surface area contributed by atoms with Crippen LogP contribution in [0, 0.1) is 0 Å². The number of rotatable bonds is 2. The van der Waals surface area contributed by atoms with E-state index in [9.17, 15) is 14.7 Å². The fourth-order valence-corrected chi connectivity index (χ4v) is 5.77. The monoisotopic (exact) mass is 658 g/mol. The third-order valence-corrected chi connectivity index (χ3v) is 9.35. The van der Waals surface area contributed by atoms with Gasteiger partial charge in [-0.2, -0.15) is 0 Å². The first-order chi connectivity index (χ1) is 14.2. The van der Waals surface area contributed by atoms with Crippen LogP contribution in [0.2, 0.25) is 0 Å². The second-order valence-electron chi connectivity index (χ2n) is 6.31. The van der Waals surface area contributed by atoms with Crippen molar-refractivity contribution in [2.24, 2.45) is 0 Å². The highest BCUT2D eigenvalue weighted by atomic mass is 79.9. The Balaban J connectivity index is 2.30. The van der Waals surface area contributed by atoms with Crippen LogP contribution in [0.3, 0.4) is 0 Å². The molecule has 0 unspecified atom stereocenters. The molecule has 2 aliphatic rings. The minimum absolute atomic E-state index is 0.0141. The zero-order chi connectivity index (χ0) is 21.7. The van der Waals surface area contributed by atoms with E-state index in [1.165, 1.54) is 31.4 Å². The number of benzene rings is 3. The minimum atomic E-state index is -0.549. The van der Waals surface area contributed by atoms with E-state index in [1.54, 1.807) is 12.1 Å². The van der Waals surface area contributed by atoms with Gasteiger partial charge in [0.1, 0.15) is 17.1 Å². The molecule has 2 aromatic rings. The third-order valence-electron chi connectivity index (χ3n) is 4.58. The summed E-state index contributed by atoms with van der Waals surface area (Å²) in [6, 6.07) is 9.15. The van der Waals surface area contributed by atoms with Crippen molar-refractivity contribution in [3.8, 4) is 28.2 Å². The van der Waals surface area contributed by atoms with Gasteiger partial charge < -0.3 is 14.3 Å². The summed E-state index contributed by atoms with van der Waals surface area (Å²) in [6.45, 7) is 0. The molecule has 0 saturated heterocycles. The highest BCUT2D eigenvalue weighted by Crippen LogP contribution is 2.51. The number of esters is 1. The summed E-state index contributed by atoms with van der Waals surface area (Å²) in [6.07, 6.45) is 0. The normalized spacial score (nSPS) is 11.2. The predicted molar refractivity (Wildman–Crippen MR) is 128 cm³/mol. The smallest absolute Gasteiger partial charge is 0.339 e. The van der Waals surface area contributed by atoms with Crippen LogP contribution < -0.4 is 5.43 Å². The molecule has 30 heavy (non-hydrogen) atoms. The number of hydrogen-bond acceptors (Lipinski definition) is 5. The molecular formula is C21H10Br4O5. The van der Waals surface area contributed by atoms with E-state index in [0.29, 0.717) is 51.3 Å². The van der Waals surface area contributed by atoms with E-state index < -0.39 is 5.97 Å². The number of aromatic hydroxyl groups is 1. The van der Waals surface area contributed by atoms with Crippen molar-refractivity contribution in [3.63, 3.8) is 0 Å². The number of fused-ring (bicyclic) bond motifs is 2. The van der Waals surface area contributed by atoms with E-state index in [1.807, 2.05) is 0 Å². The maximum Gasteiger partial charge on any atom is 0.339 e. The number of ether oxygens (including phenoxy) is 1. The number of phenolic OH excluding ortho intramolecular Hbond substituents is 1. The highest BCUT2D eigenvalue weighted by molar-refractivity contribution is 9.15. The molecule has 4 rings (SSSR count). The third kappa shape index (κ3) is 3.41. The first-order valence-corrected chi connectivity index (χ1v) is 11.6. The largest absolute Gasteiger partial charge is 0.508 e. The molecule has 1 aliphatic heterocycles. The van der Waals surface area contributed by atoms with Gasteiger partial charge in [0.2, 0.25) is 0 Å². The van der Waals surface area contributed by atoms with Crippen LogP contribution in [-0.4, -0.2) is 18.2 Å². The maximum atomic E-state index is 12.8. The Morgan fingerprint density at radius 1 is 0.933 bits per heavy atom. The predicted octanol–water partition coefficient (Wildman–Crippen LogP) is 7.11. The first kappa shape index (κ1) is 21.5. The van der Waals surface area contributed by atoms with Crippen molar-refractivity contribution in [2.75, 3.05) is 7.11 Å². The van der Waals surface area contributed by atoms with E-state index in [4.69, 9.17) is 9.15 Å². The zero-order valence-electron chi connectivity index (χ0n) is 15.1. The number of carbonyl (C=O) groups is 1. The van der Waals surface area contributed by atoms with Crippen LogP contribution in [0.25, 0.3) is 33.4 Å². The fourth-order valence-electron chi connectivity index (χ4n) is 3.29. The van der Waals surface area contributed by atoms with E-state index >= 15 is 0 Å². The summed E-state index contributed by atoms with van der Waals surface area (Å²) < 4.78 is 13.4. The van der Waals surface area contributed by atoms with Crippen LogP contribution in [0.5, 0.6) is 5.75 Å². The van der Waals surface area contributed by atoms with Crippen molar-refractivity contribution in [1.29, 1.82) is 0 Å². The van der Waals surface area contributed by atoms with Gasteiger partial charge in [-0.15, -0.1) is 0 Å². The van der Waals surface area contributed by atoms with Gasteiger partial charge in [-0.05, 0) is 88.0 Å². The molecule has 0 spiro atoms. The summed E-state index contributed by atoms with van der Waals surface area (Å²) in [5.74, 6) is -0.208. The van der Waals surface area contributed by atoms with Crippen molar-refractivity contribution in [2.45, 2.75) is 0 Å². The second kappa shape index (κ2) is 8.11. The van der Waals surface area contributed by atoms with Crippen molar-refractivity contribution >= 4 is 80.7 Å². The molecule has 9 heteroatoms. The Morgan fingerprint density at radius 2 is 1.63 bits per heavy atom. The molecule has 152 valence electrons. The quantitative estimate of drug-likeness (QED) is 0.107. The number of phenols is 1. The van der Waals surface area contributed by atoms with Crippen molar-refractivity contribution < 1.29 is 19.1 Å². The average molecular weight is 662 g/mol. The number of carbonyl (C=O) groups excluding carboxylic acids is 1. The first-order valence-electron chi connectivity index (χ1n) is 8.38. The van der Waals surface area contributed by atoms with Crippen LogP contribution >= 0.6 is 63.7 Å². The van der Waals surface area contributed by atoms with E-state index in [2.05, 4.69) is 63.7 Å². The summed E-state index contributed by atoms with van der Waals surface area (Å²) in [5, 5.41) is 10.6. The van der Waals surface area contributed by atoms with Crippen LogP contribution in [0.15, 0.2) is 63.5 Å². The van der Waals surface area contributed by atoms with Crippen LogP contribution in [0.1, 0.15) is 10.4 Å². The Kier molecular flexibility index (Phi) is 5.82. The summed E-state index contributed by atoms with van der Waals surface area (Å²) >= 11 is 14.1. The zero-order valence-corrected chi connectivity index (χ0v) is 21.4. The number of halogens is 4. The summed E-state index contributed by atoms with van der Waals surface area (Å²) in [5.41, 5.74) is 2.24. The van der Waals surface area contributed by atoms with E-state index in [0.717, 1.165) is 0 Å². The second-order valence-corrected chi connectivity index (χ2v) is 9.48. The molecule has 5 nitrogen and oxygen atoms in total. The van der Waals surface area contributed by atoms with Gasteiger partial charge in [0.15, 0.2) is 5.43 Å². The Hall–Kier alpha value is -1.68. The van der Waals surface area contributed by atoms with Gasteiger partial charge in [0.05, 0.1) is 12.7 Å². The SMILES string of the molecule is COC(=O)c1c(Br)c(Br)c(Br)c(Br)c1-c1c2ccc(=O)cc-2oc2cc(O)ccc12. The summed E-state index contributed by atoms with van der Waals surface area (Å²) in [7, 11) is 1.31. The minimum Gasteiger partial charge on any atom is -0.508 e. The Bertz CT molecular complexity index is 1380. The molecule has 0 radical (unpaired) electrons. The fraction of sp³-hybridized carbons (Fsp3) is 0.0476. The standard InChI is InChI=1S/C21H10Br4O5/c1-29-21(28)16-15(17(22)19(24)20(25)18(16)23)14-10-4-2-8(26)6-12(10)30-13-7-9(27)3-5-11(13)14/h2-7,26H,1H3. The van der Waals surface area contributed by atoms with Gasteiger partial charge in [-0.1, -0.05) is 0 Å².